The number of rotatable bonds is 26. The van der Waals surface area contributed by atoms with Crippen LogP contribution in [0.15, 0.2) is 77.7 Å². The van der Waals surface area contributed by atoms with E-state index in [2.05, 4.69) is 31.0 Å². The van der Waals surface area contributed by atoms with Crippen molar-refractivity contribution in [2.75, 3.05) is 70.0 Å². The van der Waals surface area contributed by atoms with Gasteiger partial charge in [0.05, 0.1) is 68.3 Å². The normalized spacial score (nSPS) is 14.8. The lowest BCUT2D eigenvalue weighted by Gasteiger charge is -2.27. The van der Waals surface area contributed by atoms with Crippen LogP contribution in [0.25, 0.3) is 17.1 Å². The van der Waals surface area contributed by atoms with E-state index in [0.29, 0.717) is 82.5 Å². The lowest BCUT2D eigenvalue weighted by Crippen LogP contribution is -2.54. The van der Waals surface area contributed by atoms with Gasteiger partial charge in [0.2, 0.25) is 17.7 Å². The number of carbonyl (C=O) groups excluding carboxylic acids is 6. The van der Waals surface area contributed by atoms with Crippen molar-refractivity contribution < 1.29 is 65.3 Å². The second-order valence-corrected chi connectivity index (χ2v) is 16.1. The number of nitrogens with zero attached hydrogens (tertiary/aromatic N) is 5. The summed E-state index contributed by atoms with van der Waals surface area (Å²) in [5.74, 6) is -3.85. The zero-order valence-electron chi connectivity index (χ0n) is 37.8. The molecule has 2 aromatic carbocycles. The Hall–Kier alpha value is -7.34. The molecule has 1 fully saturated rings. The van der Waals surface area contributed by atoms with Crippen LogP contribution in [0.1, 0.15) is 84.9 Å². The Kier molecular flexibility index (Phi) is 17.2. The van der Waals surface area contributed by atoms with Crippen LogP contribution in [-0.4, -0.2) is 132 Å². The molecule has 0 bridgehead atoms. The van der Waals surface area contributed by atoms with Gasteiger partial charge in [-0.05, 0) is 80.0 Å². The Balaban J connectivity index is 0.719. The number of benzene rings is 2. The highest BCUT2D eigenvalue weighted by atomic mass is 19.4. The minimum absolute atomic E-state index is 0.0266. The van der Waals surface area contributed by atoms with Gasteiger partial charge in [-0.15, -0.1) is 0 Å². The maximum absolute atomic E-state index is 13.3. The van der Waals surface area contributed by atoms with Gasteiger partial charge in [-0.3, -0.25) is 39.0 Å². The molecule has 6 amide bonds. The number of hydrogen-bond acceptors (Lipinski definition) is 15. The molecule has 0 saturated carbocycles. The zero-order valence-corrected chi connectivity index (χ0v) is 37.8. The number of oxazole rings is 1. The average molecular weight is 974 g/mol. The number of aryl methyl sites for hydroxylation is 2. The molecule has 0 radical (unpaired) electrons. The molecule has 7 rings (SSSR count). The minimum Gasteiger partial charge on any atom is -0.444 e. The maximum atomic E-state index is 13.3. The van der Waals surface area contributed by atoms with Crippen molar-refractivity contribution in [2.45, 2.75) is 57.2 Å². The van der Waals surface area contributed by atoms with Gasteiger partial charge in [0, 0.05) is 31.4 Å². The number of fused-ring (bicyclic) bond motifs is 1. The predicted octanol–water partition coefficient (Wildman–Crippen LogP) is 4.67. The molecule has 2 aliphatic rings. The fraction of sp³-hybridized carbons (Fsp3) is 0.383. The number of primary amides is 1. The number of unbranched alkanes of at least 4 members (excludes halogenated alkanes) is 1. The van der Waals surface area contributed by atoms with E-state index in [1.807, 2.05) is 24.3 Å². The largest absolute Gasteiger partial charge is 0.444 e. The summed E-state index contributed by atoms with van der Waals surface area (Å²) in [6.07, 6.45) is 3.09. The predicted molar refractivity (Wildman–Crippen MR) is 242 cm³/mol. The van der Waals surface area contributed by atoms with Gasteiger partial charge >= 0.3 is 6.18 Å². The molecule has 20 nitrogen and oxygen atoms in total. The zero-order chi connectivity index (χ0) is 49.6. The Morgan fingerprint density at radius 2 is 1.56 bits per heavy atom. The molecule has 0 aliphatic carbocycles. The van der Waals surface area contributed by atoms with Gasteiger partial charge in [0.25, 0.3) is 23.6 Å². The highest BCUT2D eigenvalue weighted by Crippen LogP contribution is 2.31. The molecule has 23 heteroatoms. The lowest BCUT2D eigenvalue weighted by molar-refractivity contribution is -0.136. The summed E-state index contributed by atoms with van der Waals surface area (Å²) in [4.78, 5) is 84.5. The van der Waals surface area contributed by atoms with Crippen LogP contribution < -0.4 is 21.7 Å². The first-order valence-corrected chi connectivity index (χ1v) is 22.4. The topological polar surface area (TPSA) is 261 Å². The van der Waals surface area contributed by atoms with Crippen molar-refractivity contribution in [1.29, 1.82) is 0 Å². The van der Waals surface area contributed by atoms with Crippen LogP contribution in [0.4, 0.5) is 24.7 Å². The maximum Gasteiger partial charge on any atom is 0.405 e. The van der Waals surface area contributed by atoms with Crippen LogP contribution in [0, 0.1) is 0 Å². The van der Waals surface area contributed by atoms with E-state index in [1.54, 1.807) is 18.2 Å². The third kappa shape index (κ3) is 13.5. The van der Waals surface area contributed by atoms with Gasteiger partial charge < -0.3 is 39.7 Å². The molecule has 70 heavy (non-hydrogen) atoms. The quantitative estimate of drug-likeness (QED) is 0.0434. The van der Waals surface area contributed by atoms with E-state index in [4.69, 9.17) is 29.1 Å². The van der Waals surface area contributed by atoms with E-state index in [9.17, 15) is 41.9 Å². The van der Waals surface area contributed by atoms with Gasteiger partial charge in [-0.1, -0.05) is 24.3 Å². The standard InChI is InChI=1S/C47H50F3N9O11/c48-47(49,50)28-53-37-25-31(15-16-52-37)44-55-35(27-70-44)42(62)54-34-26-58(57-40(34)41(51)61)32-11-9-29(10-12-32)5-1-2-17-66-19-21-68-23-24-69-22-20-67-18-4-7-30-6-3-8-33-39(30)46(65)59(45(33)64)36-13-14-38(60)56-43(36)63/h3,6,8-12,15-16,25-27,36H,1-2,4-5,7,13-14,17-24,28H2,(H2,51,61)(H,52,53)(H,54,62)(H,56,60,63). The molecule has 1 unspecified atom stereocenters. The fourth-order valence-corrected chi connectivity index (χ4v) is 7.60. The Morgan fingerprint density at radius 1 is 0.857 bits per heavy atom. The van der Waals surface area contributed by atoms with Gasteiger partial charge in [-0.2, -0.15) is 18.3 Å². The fourth-order valence-electron chi connectivity index (χ4n) is 7.60. The minimum atomic E-state index is -4.45. The summed E-state index contributed by atoms with van der Waals surface area (Å²) >= 11 is 0. The van der Waals surface area contributed by atoms with Crippen LogP contribution in [0.2, 0.25) is 0 Å². The number of amides is 6. The van der Waals surface area contributed by atoms with Crippen LogP contribution in [0.3, 0.4) is 0 Å². The molecule has 5 aromatic rings. The Labute approximate surface area is 398 Å². The number of nitrogens with two attached hydrogens (primary N) is 1. The van der Waals surface area contributed by atoms with E-state index in [-0.39, 0.29) is 52.8 Å². The molecular formula is C47H50F3N9O11. The monoisotopic (exact) mass is 973 g/mol. The van der Waals surface area contributed by atoms with Crippen LogP contribution >= 0.6 is 0 Å². The number of pyridine rings is 1. The SMILES string of the molecule is NC(=O)c1nn(-c2ccc(CCCCOCCOCCOCCOCCCc3cccc4c3C(=O)N(C3CCC(=O)NC3=O)C4=O)cc2)cc1NC(=O)c1coc(-c2ccnc(NCC(F)(F)F)c2)n1. The molecular weight excluding hydrogens is 924 g/mol. The van der Waals surface area contributed by atoms with Gasteiger partial charge in [-0.25, -0.2) is 14.6 Å². The first-order chi connectivity index (χ1) is 33.8. The number of hydrogen-bond donors (Lipinski definition) is 4. The van der Waals surface area contributed by atoms with Crippen LogP contribution in [-0.2, 0) is 41.4 Å². The van der Waals surface area contributed by atoms with Crippen molar-refractivity contribution in [1.82, 2.24) is 30.0 Å². The smallest absolute Gasteiger partial charge is 0.405 e. The van der Waals surface area contributed by atoms with E-state index in [1.165, 1.54) is 29.2 Å². The molecule has 3 aromatic heterocycles. The molecule has 5 N–H and O–H groups in total. The van der Waals surface area contributed by atoms with E-state index in [0.717, 1.165) is 36.0 Å². The number of nitrogens with one attached hydrogen (secondary N) is 3. The number of halogens is 3. The number of imide groups is 2. The van der Waals surface area contributed by atoms with Crippen molar-refractivity contribution in [3.8, 4) is 17.1 Å². The van der Waals surface area contributed by atoms with Crippen molar-refractivity contribution in [3.05, 3.63) is 107 Å². The molecule has 1 atom stereocenters. The third-order valence-electron chi connectivity index (χ3n) is 11.0. The number of anilines is 2. The molecule has 1 saturated heterocycles. The van der Waals surface area contributed by atoms with Gasteiger partial charge in [0.15, 0.2) is 11.4 Å². The number of alkyl halides is 3. The third-order valence-corrected chi connectivity index (χ3v) is 11.0. The average Bonchev–Trinajstić information content (AvgIpc) is 4.07. The number of aromatic nitrogens is 4. The summed E-state index contributed by atoms with van der Waals surface area (Å²) in [6, 6.07) is 14.3. The summed E-state index contributed by atoms with van der Waals surface area (Å²) < 4.78 is 67.2. The number of carbonyl (C=O) groups is 6. The Bertz CT molecular complexity index is 2670. The van der Waals surface area contributed by atoms with Gasteiger partial charge in [0.1, 0.15) is 24.7 Å². The molecule has 2 aliphatic heterocycles. The highest BCUT2D eigenvalue weighted by molar-refractivity contribution is 6.24. The van der Waals surface area contributed by atoms with Crippen molar-refractivity contribution in [3.63, 3.8) is 0 Å². The molecule has 0 spiro atoms. The summed E-state index contributed by atoms with van der Waals surface area (Å²) in [5, 5.41) is 11.2. The van der Waals surface area contributed by atoms with Crippen molar-refractivity contribution in [2.24, 2.45) is 5.73 Å². The second-order valence-electron chi connectivity index (χ2n) is 16.1. The number of ether oxygens (including phenoxy) is 4. The van der Waals surface area contributed by atoms with E-state index < -0.39 is 54.2 Å². The summed E-state index contributed by atoms with van der Waals surface area (Å²) in [5.41, 5.74) is 8.43. The van der Waals surface area contributed by atoms with E-state index >= 15 is 0 Å². The lowest BCUT2D eigenvalue weighted by atomic mass is 9.99. The van der Waals surface area contributed by atoms with Crippen molar-refractivity contribution >= 4 is 46.9 Å². The summed E-state index contributed by atoms with van der Waals surface area (Å²) in [6.45, 7) is 2.11. The first-order valence-electron chi connectivity index (χ1n) is 22.4. The molecule has 370 valence electrons. The first kappa shape index (κ1) is 50.5. The number of piperidine rings is 1. The molecule has 5 heterocycles. The van der Waals surface area contributed by atoms with Crippen LogP contribution in [0.5, 0.6) is 0 Å². The highest BCUT2D eigenvalue weighted by Gasteiger charge is 2.45. The second kappa shape index (κ2) is 23.8. The summed E-state index contributed by atoms with van der Waals surface area (Å²) in [7, 11) is 0. The Morgan fingerprint density at radius 3 is 2.24 bits per heavy atom.